The third-order valence-electron chi connectivity index (χ3n) is 5.03. The van der Waals surface area contributed by atoms with Crippen LogP contribution >= 0.6 is 0 Å². The molecule has 2 aromatic rings. The fraction of sp³-hybridized carbons (Fsp3) is 0.333. The van der Waals surface area contributed by atoms with Crippen molar-refractivity contribution in [3.05, 3.63) is 46.9 Å². The van der Waals surface area contributed by atoms with E-state index in [0.717, 1.165) is 5.41 Å². The van der Waals surface area contributed by atoms with E-state index >= 15 is 0 Å². The second kappa shape index (κ2) is 13.4. The van der Waals surface area contributed by atoms with Gasteiger partial charge in [0.05, 0.1) is 45.4 Å². The Morgan fingerprint density at radius 3 is 2.06 bits per heavy atom. The Hall–Kier alpha value is -3.77. The predicted octanol–water partition coefficient (Wildman–Crippen LogP) is 2.92. The van der Waals surface area contributed by atoms with E-state index < -0.39 is 21.7 Å². The van der Waals surface area contributed by atoms with E-state index in [2.05, 4.69) is 5.32 Å². The lowest BCUT2D eigenvalue weighted by Crippen LogP contribution is -2.19. The molecular formula is C24H30N2O9S. The second-order valence-corrected chi connectivity index (χ2v) is 9.41. The minimum atomic E-state index is -3.73. The number of sulfone groups is 1. The average Bonchev–Trinajstić information content (AvgIpc) is 2.86. The lowest BCUT2D eigenvalue weighted by molar-refractivity contribution is -0.129. The molecule has 0 radical (unpaired) electrons. The maximum atomic E-state index is 12.8. The first-order valence-corrected chi connectivity index (χ1v) is 12.5. The van der Waals surface area contributed by atoms with Crippen LogP contribution in [0.15, 0.2) is 35.7 Å². The molecule has 0 unspecified atom stereocenters. The maximum absolute atomic E-state index is 12.8. The molecule has 0 aliphatic heterocycles. The van der Waals surface area contributed by atoms with E-state index in [1.54, 1.807) is 24.3 Å². The fourth-order valence-electron chi connectivity index (χ4n) is 3.27. The molecule has 0 aliphatic rings. The number of carbonyl (C=O) groups excluding carboxylic acids is 2. The highest BCUT2D eigenvalue weighted by Crippen LogP contribution is 2.35. The summed E-state index contributed by atoms with van der Waals surface area (Å²) in [5.74, 6) is 0.276. The van der Waals surface area contributed by atoms with Crippen molar-refractivity contribution in [2.24, 2.45) is 0 Å². The molecule has 2 rings (SSSR count). The van der Waals surface area contributed by atoms with E-state index in [9.17, 15) is 18.0 Å². The van der Waals surface area contributed by atoms with Gasteiger partial charge in [-0.2, -0.15) is 0 Å². The molecule has 11 nitrogen and oxygen atoms in total. The zero-order valence-corrected chi connectivity index (χ0v) is 21.3. The number of anilines is 1. The van der Waals surface area contributed by atoms with Crippen molar-refractivity contribution in [1.82, 2.24) is 5.48 Å². The molecule has 0 saturated carbocycles. The Labute approximate surface area is 209 Å². The molecule has 2 amide bonds. The summed E-state index contributed by atoms with van der Waals surface area (Å²) in [7, 11) is 2.09. The molecule has 0 bridgehead atoms. The third-order valence-corrected chi connectivity index (χ3v) is 6.32. The van der Waals surface area contributed by atoms with Gasteiger partial charge in [-0.15, -0.1) is 0 Å². The van der Waals surface area contributed by atoms with Crippen molar-refractivity contribution in [3.8, 4) is 23.0 Å². The van der Waals surface area contributed by atoms with Crippen molar-refractivity contribution in [1.29, 1.82) is 0 Å². The summed E-state index contributed by atoms with van der Waals surface area (Å²) in [5, 5.41) is 12.2. The largest absolute Gasteiger partial charge is 0.496 e. The van der Waals surface area contributed by atoms with Gasteiger partial charge in [0, 0.05) is 30.4 Å². The minimum absolute atomic E-state index is 0.0184. The molecule has 0 heterocycles. The van der Waals surface area contributed by atoms with Gasteiger partial charge >= 0.3 is 0 Å². The van der Waals surface area contributed by atoms with Gasteiger partial charge in [0.1, 0.15) is 23.0 Å². The lowest BCUT2D eigenvalue weighted by Gasteiger charge is -2.13. The number of hydrogen-bond donors (Lipinski definition) is 3. The van der Waals surface area contributed by atoms with Gasteiger partial charge in [-0.05, 0) is 30.2 Å². The van der Waals surface area contributed by atoms with Crippen molar-refractivity contribution in [3.63, 3.8) is 0 Å². The highest BCUT2D eigenvalue weighted by atomic mass is 32.2. The van der Waals surface area contributed by atoms with Gasteiger partial charge in [0.25, 0.3) is 0 Å². The Morgan fingerprint density at radius 1 is 0.889 bits per heavy atom. The number of hydrogen-bond acceptors (Lipinski definition) is 9. The molecule has 0 atom stereocenters. The summed E-state index contributed by atoms with van der Waals surface area (Å²) in [4.78, 5) is 23.3. The van der Waals surface area contributed by atoms with E-state index in [1.165, 1.54) is 46.1 Å². The molecule has 36 heavy (non-hydrogen) atoms. The van der Waals surface area contributed by atoms with E-state index in [-0.39, 0.29) is 25.0 Å². The van der Waals surface area contributed by atoms with Crippen LogP contribution in [0, 0.1) is 0 Å². The van der Waals surface area contributed by atoms with Crippen LogP contribution in [0.25, 0.3) is 6.08 Å². The molecule has 2 aromatic carbocycles. The number of methoxy groups -OCH3 is 4. The average molecular weight is 523 g/mol. The van der Waals surface area contributed by atoms with Crippen LogP contribution in [0.3, 0.4) is 0 Å². The van der Waals surface area contributed by atoms with Crippen LogP contribution in [-0.4, -0.2) is 53.9 Å². The van der Waals surface area contributed by atoms with Gasteiger partial charge in [0.15, 0.2) is 9.84 Å². The first-order chi connectivity index (χ1) is 17.2. The molecular weight excluding hydrogens is 492 g/mol. The monoisotopic (exact) mass is 522 g/mol. The van der Waals surface area contributed by atoms with Crippen molar-refractivity contribution >= 4 is 33.4 Å². The molecule has 0 saturated heterocycles. The minimum Gasteiger partial charge on any atom is -0.496 e. The van der Waals surface area contributed by atoms with Crippen LogP contribution in [0.2, 0.25) is 0 Å². The fourth-order valence-corrected chi connectivity index (χ4v) is 4.35. The van der Waals surface area contributed by atoms with Crippen LogP contribution in [-0.2, 0) is 25.2 Å². The summed E-state index contributed by atoms with van der Waals surface area (Å²) in [6, 6.07) is 7.88. The molecule has 0 aromatic heterocycles. The van der Waals surface area contributed by atoms with Crippen LogP contribution in [0.5, 0.6) is 23.0 Å². The number of ether oxygens (including phenoxy) is 4. The van der Waals surface area contributed by atoms with Crippen molar-refractivity contribution in [2.45, 2.75) is 25.0 Å². The quantitative estimate of drug-likeness (QED) is 0.267. The topological polar surface area (TPSA) is 149 Å². The molecule has 3 N–H and O–H groups in total. The second-order valence-electron chi connectivity index (χ2n) is 7.53. The normalized spacial score (nSPS) is 11.1. The van der Waals surface area contributed by atoms with E-state index in [0.29, 0.717) is 39.8 Å². The summed E-state index contributed by atoms with van der Waals surface area (Å²) < 4.78 is 46.8. The third kappa shape index (κ3) is 8.17. The molecule has 12 heteroatoms. The van der Waals surface area contributed by atoms with E-state index in [4.69, 9.17) is 24.2 Å². The van der Waals surface area contributed by atoms with Crippen LogP contribution in [0.1, 0.15) is 30.4 Å². The number of benzene rings is 2. The summed E-state index contributed by atoms with van der Waals surface area (Å²) in [6.45, 7) is 0. The zero-order valence-electron chi connectivity index (χ0n) is 20.5. The molecule has 0 fully saturated rings. The standard InChI is InChI=1S/C24H30N2O9S/c1-32-17-13-21(34-3)18(22(14-17)35-4)10-11-36(30,31)15-16-8-9-20(33-2)19(12-16)25-23(27)6-5-7-24(28)26-29/h8-14,29H,5-7,15H2,1-4H3,(H,25,27)(H,26,28)/b11-10+. The van der Waals surface area contributed by atoms with Gasteiger partial charge in [-0.3, -0.25) is 14.8 Å². The van der Waals surface area contributed by atoms with Gasteiger partial charge < -0.3 is 24.3 Å². The first kappa shape index (κ1) is 28.5. The maximum Gasteiger partial charge on any atom is 0.243 e. The zero-order chi connectivity index (χ0) is 26.7. The number of nitrogens with one attached hydrogen (secondary N) is 2. The Bertz CT molecular complexity index is 1190. The van der Waals surface area contributed by atoms with Crippen molar-refractivity contribution in [2.75, 3.05) is 33.8 Å². The van der Waals surface area contributed by atoms with E-state index in [1.807, 2.05) is 0 Å². The number of carbonyl (C=O) groups is 2. The molecule has 0 aliphatic carbocycles. The van der Waals surface area contributed by atoms with Crippen LogP contribution < -0.4 is 29.7 Å². The SMILES string of the molecule is COc1cc(OC)c(/C=C/S(=O)(=O)Cc2ccc(OC)c(NC(=O)CCCC(=O)NO)c2)c(OC)c1. The smallest absolute Gasteiger partial charge is 0.243 e. The van der Waals surface area contributed by atoms with Crippen LogP contribution in [0.4, 0.5) is 5.69 Å². The summed E-state index contributed by atoms with van der Waals surface area (Å²) in [6.07, 6.45) is 1.61. The summed E-state index contributed by atoms with van der Waals surface area (Å²) >= 11 is 0. The number of amides is 2. The predicted molar refractivity (Wildman–Crippen MR) is 133 cm³/mol. The molecule has 0 spiro atoms. The van der Waals surface area contributed by atoms with Crippen molar-refractivity contribution < 1.29 is 42.2 Å². The Balaban J connectivity index is 2.21. The highest BCUT2D eigenvalue weighted by Gasteiger charge is 2.16. The number of rotatable bonds is 13. The Morgan fingerprint density at radius 2 is 1.50 bits per heavy atom. The molecule has 196 valence electrons. The highest BCUT2D eigenvalue weighted by molar-refractivity contribution is 7.93. The Kier molecular flexibility index (Phi) is 10.6. The van der Waals surface area contributed by atoms with Gasteiger partial charge in [-0.1, -0.05) is 6.07 Å². The summed E-state index contributed by atoms with van der Waals surface area (Å²) in [5.41, 5.74) is 2.65. The van der Waals surface area contributed by atoms with Gasteiger partial charge in [-0.25, -0.2) is 13.9 Å². The lowest BCUT2D eigenvalue weighted by atomic mass is 10.1. The number of hydroxylamine groups is 1. The van der Waals surface area contributed by atoms with Gasteiger partial charge in [0.2, 0.25) is 11.8 Å². The first-order valence-electron chi connectivity index (χ1n) is 10.8.